The number of aliphatic carboxylic acids is 1. The van der Waals surface area contributed by atoms with Crippen molar-refractivity contribution in [1.82, 2.24) is 0 Å². The van der Waals surface area contributed by atoms with Crippen molar-refractivity contribution in [3.8, 4) is 0 Å². The highest BCUT2D eigenvalue weighted by atomic mass is 19.1. The summed E-state index contributed by atoms with van der Waals surface area (Å²) < 4.78 is 13.0. The van der Waals surface area contributed by atoms with Crippen LogP contribution in [0.3, 0.4) is 0 Å². The van der Waals surface area contributed by atoms with E-state index in [1.807, 2.05) is 25.1 Å². The van der Waals surface area contributed by atoms with Gasteiger partial charge in [-0.3, -0.25) is 4.79 Å². The summed E-state index contributed by atoms with van der Waals surface area (Å²) in [6.07, 6.45) is 16.0. The number of carboxylic acid groups (broad SMARTS) is 1. The van der Waals surface area contributed by atoms with Crippen LogP contribution in [0.5, 0.6) is 0 Å². The lowest BCUT2D eigenvalue weighted by atomic mass is 9.99. The van der Waals surface area contributed by atoms with Crippen LogP contribution in [-0.4, -0.2) is 22.3 Å². The van der Waals surface area contributed by atoms with E-state index in [-0.39, 0.29) is 11.9 Å². The molecule has 1 saturated carbocycles. The number of rotatable bonds is 10. The molecule has 0 radical (unpaired) electrons. The fourth-order valence-corrected chi connectivity index (χ4v) is 3.33. The van der Waals surface area contributed by atoms with Crippen molar-refractivity contribution in [3.05, 3.63) is 47.8 Å². The fraction of sp³-hybridized carbons (Fsp3) is 0.654. The van der Waals surface area contributed by atoms with Gasteiger partial charge in [0.25, 0.3) is 0 Å². The summed E-state index contributed by atoms with van der Waals surface area (Å²) in [7, 11) is 0. The van der Waals surface area contributed by atoms with E-state index in [1.54, 1.807) is 12.1 Å². The second-order valence-corrected chi connectivity index (χ2v) is 8.10. The Balaban J connectivity index is 0.000000706. The van der Waals surface area contributed by atoms with Gasteiger partial charge >= 0.3 is 5.97 Å². The summed E-state index contributed by atoms with van der Waals surface area (Å²) in [5, 5.41) is 17.9. The number of aliphatic hydroxyl groups excluding tert-OH is 1. The molecule has 2 rings (SSSR count). The lowest BCUT2D eigenvalue weighted by Gasteiger charge is -2.10. The lowest BCUT2D eigenvalue weighted by molar-refractivity contribution is -0.137. The number of hydrogen-bond acceptors (Lipinski definition) is 2. The van der Waals surface area contributed by atoms with Crippen molar-refractivity contribution in [3.63, 3.8) is 0 Å². The molecule has 0 aromatic heterocycles. The van der Waals surface area contributed by atoms with Crippen molar-refractivity contribution < 1.29 is 19.4 Å². The van der Waals surface area contributed by atoms with Crippen molar-refractivity contribution in [2.45, 2.75) is 104 Å². The van der Waals surface area contributed by atoms with Crippen LogP contribution in [0.4, 0.5) is 4.39 Å². The number of unbranched alkanes of at least 4 members (excludes halogenated alkanes) is 1. The minimum Gasteiger partial charge on any atom is -0.481 e. The molecule has 1 atom stereocenters. The minimum absolute atomic E-state index is 0.178. The summed E-state index contributed by atoms with van der Waals surface area (Å²) in [6.45, 7) is 6.23. The fourth-order valence-electron chi connectivity index (χ4n) is 3.33. The number of allylic oxidation sites excluding steroid dienone is 1. The van der Waals surface area contributed by atoms with Gasteiger partial charge in [0.05, 0.1) is 6.10 Å². The molecule has 0 amide bonds. The highest BCUT2D eigenvalue weighted by Gasteiger charge is 2.15. The molecule has 1 aromatic carbocycles. The molecule has 2 N–H and O–H groups in total. The van der Waals surface area contributed by atoms with E-state index in [2.05, 4.69) is 13.8 Å². The van der Waals surface area contributed by atoms with Crippen LogP contribution < -0.4 is 0 Å². The maximum Gasteiger partial charge on any atom is 0.303 e. The summed E-state index contributed by atoms with van der Waals surface area (Å²) >= 11 is 0. The summed E-state index contributed by atoms with van der Waals surface area (Å²) in [6, 6.07) is 6.72. The van der Waals surface area contributed by atoms with Crippen LogP contribution in [0.25, 0.3) is 0 Å². The van der Waals surface area contributed by atoms with Gasteiger partial charge in [0.15, 0.2) is 0 Å². The molecule has 3 nitrogen and oxygen atoms in total. The van der Waals surface area contributed by atoms with E-state index in [9.17, 15) is 14.3 Å². The van der Waals surface area contributed by atoms with E-state index in [0.717, 1.165) is 50.0 Å². The minimum atomic E-state index is -0.693. The Morgan fingerprint density at radius 2 is 1.90 bits per heavy atom. The van der Waals surface area contributed by atoms with Gasteiger partial charge in [-0.1, -0.05) is 83.6 Å². The molecule has 1 aromatic rings. The van der Waals surface area contributed by atoms with Crippen molar-refractivity contribution in [2.24, 2.45) is 5.92 Å². The first-order valence-corrected chi connectivity index (χ1v) is 11.7. The van der Waals surface area contributed by atoms with Crippen LogP contribution in [0.1, 0.15) is 97.0 Å². The lowest BCUT2D eigenvalue weighted by Crippen LogP contribution is -2.05. The van der Waals surface area contributed by atoms with E-state index in [0.29, 0.717) is 6.42 Å². The second-order valence-electron chi connectivity index (χ2n) is 8.10. The molecule has 172 valence electrons. The standard InChI is InChI=1S/C18H25FO.C5H10O2.C3H8/c19-17-10-5-9-16(14-17)8-3-4-11-18(20)13-12-15-6-1-2-7-15;1-2-3-4-5(6)7;1-3-2/h4-5,9-11,14-15,18,20H,1-3,6-8,12-13H2;2-4H2,1H3,(H,6,7);3H2,1-2H3/b11-4+;;. The van der Waals surface area contributed by atoms with Crippen LogP contribution >= 0.6 is 0 Å². The molecule has 1 aliphatic rings. The third-order valence-electron chi connectivity index (χ3n) is 4.94. The normalized spacial score (nSPS) is 14.6. The molecule has 0 spiro atoms. The van der Waals surface area contributed by atoms with Gasteiger partial charge in [0, 0.05) is 6.42 Å². The first kappa shape index (κ1) is 28.3. The molecule has 0 heterocycles. The maximum atomic E-state index is 13.0. The number of hydrogen-bond donors (Lipinski definition) is 2. The third-order valence-corrected chi connectivity index (χ3v) is 4.94. The summed E-state index contributed by atoms with van der Waals surface area (Å²) in [5.41, 5.74) is 1.01. The Kier molecular flexibility index (Phi) is 18.2. The first-order valence-electron chi connectivity index (χ1n) is 11.7. The monoisotopic (exact) mass is 422 g/mol. The quantitative estimate of drug-likeness (QED) is 0.388. The second kappa shape index (κ2) is 19.3. The highest BCUT2D eigenvalue weighted by molar-refractivity contribution is 5.66. The average molecular weight is 423 g/mol. The summed E-state index contributed by atoms with van der Waals surface area (Å²) in [4.78, 5) is 9.76. The van der Waals surface area contributed by atoms with E-state index < -0.39 is 5.97 Å². The van der Waals surface area contributed by atoms with Gasteiger partial charge in [-0.2, -0.15) is 0 Å². The van der Waals surface area contributed by atoms with Gasteiger partial charge in [0.1, 0.15) is 5.82 Å². The van der Waals surface area contributed by atoms with Crippen molar-refractivity contribution in [2.75, 3.05) is 0 Å². The predicted octanol–water partition coefficient (Wildman–Crippen LogP) is 7.32. The van der Waals surface area contributed by atoms with Crippen LogP contribution in [0.2, 0.25) is 0 Å². The van der Waals surface area contributed by atoms with Gasteiger partial charge in [-0.25, -0.2) is 4.39 Å². The van der Waals surface area contributed by atoms with Gasteiger partial charge in [-0.05, 0) is 55.7 Å². The Morgan fingerprint density at radius 1 is 1.23 bits per heavy atom. The zero-order valence-corrected chi connectivity index (χ0v) is 19.3. The van der Waals surface area contributed by atoms with Crippen molar-refractivity contribution in [1.29, 1.82) is 0 Å². The zero-order chi connectivity index (χ0) is 22.6. The van der Waals surface area contributed by atoms with Crippen LogP contribution in [0, 0.1) is 11.7 Å². The van der Waals surface area contributed by atoms with Crippen LogP contribution in [0.15, 0.2) is 36.4 Å². The maximum absolute atomic E-state index is 13.0. The molecule has 4 heteroatoms. The Bertz CT molecular complexity index is 565. The molecule has 1 fully saturated rings. The molecule has 0 bridgehead atoms. The summed E-state index contributed by atoms with van der Waals surface area (Å²) in [5.74, 6) is -0.0322. The number of carbonyl (C=O) groups is 1. The highest BCUT2D eigenvalue weighted by Crippen LogP contribution is 2.29. The molecular weight excluding hydrogens is 379 g/mol. The number of halogens is 1. The largest absolute Gasteiger partial charge is 0.481 e. The van der Waals surface area contributed by atoms with E-state index in [4.69, 9.17) is 5.11 Å². The predicted molar refractivity (Wildman–Crippen MR) is 124 cm³/mol. The van der Waals surface area contributed by atoms with Gasteiger partial charge in [0.2, 0.25) is 0 Å². The van der Waals surface area contributed by atoms with E-state index in [1.165, 1.54) is 38.2 Å². The van der Waals surface area contributed by atoms with Crippen molar-refractivity contribution >= 4 is 5.97 Å². The zero-order valence-electron chi connectivity index (χ0n) is 19.3. The molecule has 1 aliphatic carbocycles. The first-order chi connectivity index (χ1) is 14.4. The van der Waals surface area contributed by atoms with Gasteiger partial charge in [-0.15, -0.1) is 0 Å². The Morgan fingerprint density at radius 3 is 2.43 bits per heavy atom. The van der Waals surface area contributed by atoms with E-state index >= 15 is 0 Å². The average Bonchev–Trinajstić information content (AvgIpc) is 3.23. The van der Waals surface area contributed by atoms with Crippen LogP contribution in [-0.2, 0) is 11.2 Å². The number of carboxylic acids is 1. The molecule has 0 saturated heterocycles. The molecule has 30 heavy (non-hydrogen) atoms. The Labute approximate surface area is 183 Å². The number of benzene rings is 1. The molecule has 1 unspecified atom stereocenters. The molecular formula is C26H43FO3. The van der Waals surface area contributed by atoms with Gasteiger partial charge < -0.3 is 10.2 Å². The number of aryl methyl sites for hydroxylation is 1. The molecule has 0 aliphatic heterocycles. The SMILES string of the molecule is CCC.CCCCC(=O)O.OC(/C=C/CCc1cccc(F)c1)CCC1CCCC1. The Hall–Kier alpha value is -1.68. The third kappa shape index (κ3) is 17.2. The smallest absolute Gasteiger partial charge is 0.303 e. The number of aliphatic hydroxyl groups is 1. The topological polar surface area (TPSA) is 57.5 Å².